The summed E-state index contributed by atoms with van der Waals surface area (Å²) < 4.78 is 5.41. The second kappa shape index (κ2) is 10.8. The molecular formula is C25H27N3O3. The highest BCUT2D eigenvalue weighted by Gasteiger charge is 2.12. The number of carbonyl (C=O) groups is 2. The van der Waals surface area contributed by atoms with Crippen LogP contribution in [0.3, 0.4) is 0 Å². The Labute approximate surface area is 182 Å². The van der Waals surface area contributed by atoms with E-state index in [1.165, 1.54) is 0 Å². The highest BCUT2D eigenvalue weighted by atomic mass is 16.5. The van der Waals surface area contributed by atoms with E-state index in [-0.39, 0.29) is 24.4 Å². The first-order valence-electron chi connectivity index (χ1n) is 10.3. The standard InChI is InChI=1S/C25H27N3O3/c1-3-31-23-14-12-21(13-15-23)26-17-24(29)28-22-11-7-10-20(16-22)25(30)27-18(2)19-8-5-4-6-9-19/h4-16,18,26H,3,17H2,1-2H3,(H,27,30)(H,28,29). The zero-order valence-electron chi connectivity index (χ0n) is 17.7. The zero-order chi connectivity index (χ0) is 22.1. The molecular weight excluding hydrogens is 390 g/mol. The van der Waals surface area contributed by atoms with E-state index in [9.17, 15) is 9.59 Å². The summed E-state index contributed by atoms with van der Waals surface area (Å²) in [5.74, 6) is 0.387. The SMILES string of the molecule is CCOc1ccc(NCC(=O)Nc2cccc(C(=O)NC(C)c3ccccc3)c2)cc1. The molecule has 3 aromatic carbocycles. The van der Waals surface area contributed by atoms with Crippen molar-refractivity contribution in [3.63, 3.8) is 0 Å². The van der Waals surface area contributed by atoms with Crippen LogP contribution >= 0.6 is 0 Å². The van der Waals surface area contributed by atoms with Crippen molar-refractivity contribution in [3.8, 4) is 5.75 Å². The fourth-order valence-electron chi connectivity index (χ4n) is 3.07. The maximum atomic E-state index is 12.6. The molecule has 0 fully saturated rings. The summed E-state index contributed by atoms with van der Waals surface area (Å²) in [6, 6.07) is 24.0. The van der Waals surface area contributed by atoms with E-state index in [0.717, 1.165) is 17.0 Å². The number of rotatable bonds is 9. The molecule has 0 saturated heterocycles. The molecule has 0 aromatic heterocycles. The molecule has 0 heterocycles. The molecule has 3 rings (SSSR count). The number of ether oxygens (including phenoxy) is 1. The van der Waals surface area contributed by atoms with Crippen molar-refractivity contribution in [2.24, 2.45) is 0 Å². The zero-order valence-corrected chi connectivity index (χ0v) is 17.7. The highest BCUT2D eigenvalue weighted by molar-refractivity contribution is 5.98. The monoisotopic (exact) mass is 417 g/mol. The average molecular weight is 418 g/mol. The van der Waals surface area contributed by atoms with Gasteiger partial charge in [0.25, 0.3) is 5.91 Å². The first kappa shape index (κ1) is 21.9. The van der Waals surface area contributed by atoms with Crippen molar-refractivity contribution in [2.45, 2.75) is 19.9 Å². The minimum Gasteiger partial charge on any atom is -0.494 e. The molecule has 0 aliphatic carbocycles. The van der Waals surface area contributed by atoms with E-state index in [2.05, 4.69) is 16.0 Å². The minimum absolute atomic E-state index is 0.107. The van der Waals surface area contributed by atoms with Gasteiger partial charge in [-0.3, -0.25) is 9.59 Å². The summed E-state index contributed by atoms with van der Waals surface area (Å²) in [6.07, 6.45) is 0. The third-order valence-electron chi connectivity index (χ3n) is 4.67. The van der Waals surface area contributed by atoms with Gasteiger partial charge in [-0.2, -0.15) is 0 Å². The Hall–Kier alpha value is -3.80. The molecule has 6 heteroatoms. The number of amides is 2. The van der Waals surface area contributed by atoms with Gasteiger partial charge in [-0.05, 0) is 61.9 Å². The van der Waals surface area contributed by atoms with Crippen LogP contribution in [-0.2, 0) is 4.79 Å². The fourth-order valence-corrected chi connectivity index (χ4v) is 3.07. The second-order valence-corrected chi connectivity index (χ2v) is 7.05. The van der Waals surface area contributed by atoms with Crippen molar-refractivity contribution >= 4 is 23.2 Å². The van der Waals surface area contributed by atoms with Crippen molar-refractivity contribution in [1.29, 1.82) is 0 Å². The van der Waals surface area contributed by atoms with Crippen molar-refractivity contribution in [3.05, 3.63) is 90.0 Å². The van der Waals surface area contributed by atoms with Crippen LogP contribution in [0, 0.1) is 0 Å². The fraction of sp³-hybridized carbons (Fsp3) is 0.200. The Morgan fingerprint density at radius 3 is 2.35 bits per heavy atom. The first-order chi connectivity index (χ1) is 15.0. The molecule has 2 amide bonds. The van der Waals surface area contributed by atoms with E-state index in [1.807, 2.05) is 68.4 Å². The van der Waals surface area contributed by atoms with E-state index in [0.29, 0.717) is 17.9 Å². The molecule has 3 aromatic rings. The van der Waals surface area contributed by atoms with Crippen molar-refractivity contribution in [2.75, 3.05) is 23.8 Å². The van der Waals surface area contributed by atoms with Gasteiger partial charge in [0.2, 0.25) is 5.91 Å². The van der Waals surface area contributed by atoms with Crippen LogP contribution < -0.4 is 20.7 Å². The number of anilines is 2. The third kappa shape index (κ3) is 6.60. The summed E-state index contributed by atoms with van der Waals surface area (Å²) in [5.41, 5.74) is 2.90. The highest BCUT2D eigenvalue weighted by Crippen LogP contribution is 2.16. The molecule has 0 bridgehead atoms. The number of hydrogen-bond acceptors (Lipinski definition) is 4. The molecule has 0 saturated carbocycles. The van der Waals surface area contributed by atoms with Gasteiger partial charge in [0.05, 0.1) is 19.2 Å². The van der Waals surface area contributed by atoms with Crippen LogP contribution in [0.15, 0.2) is 78.9 Å². The van der Waals surface area contributed by atoms with Crippen LogP contribution in [0.2, 0.25) is 0 Å². The third-order valence-corrected chi connectivity index (χ3v) is 4.67. The van der Waals surface area contributed by atoms with Gasteiger partial charge >= 0.3 is 0 Å². The lowest BCUT2D eigenvalue weighted by Crippen LogP contribution is -2.27. The van der Waals surface area contributed by atoms with Crippen LogP contribution in [0.5, 0.6) is 5.75 Å². The van der Waals surface area contributed by atoms with Gasteiger partial charge in [-0.1, -0.05) is 36.4 Å². The lowest BCUT2D eigenvalue weighted by Gasteiger charge is -2.15. The molecule has 0 spiro atoms. The second-order valence-electron chi connectivity index (χ2n) is 7.05. The predicted molar refractivity (Wildman–Crippen MR) is 123 cm³/mol. The summed E-state index contributed by atoms with van der Waals surface area (Å²) in [4.78, 5) is 24.9. The van der Waals surface area contributed by atoms with Crippen LogP contribution in [0.25, 0.3) is 0 Å². The van der Waals surface area contributed by atoms with E-state index in [4.69, 9.17) is 4.74 Å². The van der Waals surface area contributed by atoms with Gasteiger partial charge in [0.15, 0.2) is 0 Å². The van der Waals surface area contributed by atoms with Crippen molar-refractivity contribution < 1.29 is 14.3 Å². The Morgan fingerprint density at radius 1 is 0.903 bits per heavy atom. The van der Waals surface area contributed by atoms with Gasteiger partial charge < -0.3 is 20.7 Å². The van der Waals surface area contributed by atoms with Crippen LogP contribution in [0.4, 0.5) is 11.4 Å². The topological polar surface area (TPSA) is 79.5 Å². The number of benzene rings is 3. The van der Waals surface area contributed by atoms with Crippen molar-refractivity contribution in [1.82, 2.24) is 5.32 Å². The summed E-state index contributed by atoms with van der Waals surface area (Å²) in [6.45, 7) is 4.58. The molecule has 1 unspecified atom stereocenters. The Kier molecular flexibility index (Phi) is 7.65. The number of hydrogen-bond donors (Lipinski definition) is 3. The average Bonchev–Trinajstić information content (AvgIpc) is 2.79. The summed E-state index contributed by atoms with van der Waals surface area (Å²) in [5, 5.41) is 8.87. The molecule has 3 N–H and O–H groups in total. The largest absolute Gasteiger partial charge is 0.494 e. The van der Waals surface area contributed by atoms with Crippen LogP contribution in [-0.4, -0.2) is 25.0 Å². The quantitative estimate of drug-likeness (QED) is 0.474. The van der Waals surface area contributed by atoms with Gasteiger partial charge in [-0.25, -0.2) is 0 Å². The predicted octanol–water partition coefficient (Wildman–Crippen LogP) is 4.63. The lowest BCUT2D eigenvalue weighted by molar-refractivity contribution is -0.114. The maximum Gasteiger partial charge on any atom is 0.251 e. The molecule has 0 radical (unpaired) electrons. The Morgan fingerprint density at radius 2 is 1.65 bits per heavy atom. The summed E-state index contributed by atoms with van der Waals surface area (Å²) >= 11 is 0. The minimum atomic E-state index is -0.205. The number of carbonyl (C=O) groups excluding carboxylic acids is 2. The summed E-state index contributed by atoms with van der Waals surface area (Å²) in [7, 11) is 0. The van der Waals surface area contributed by atoms with E-state index in [1.54, 1.807) is 24.3 Å². The molecule has 1 atom stereocenters. The molecule has 31 heavy (non-hydrogen) atoms. The lowest BCUT2D eigenvalue weighted by atomic mass is 10.1. The molecule has 160 valence electrons. The van der Waals surface area contributed by atoms with Gasteiger partial charge in [-0.15, -0.1) is 0 Å². The van der Waals surface area contributed by atoms with Crippen LogP contribution in [0.1, 0.15) is 35.8 Å². The number of nitrogens with one attached hydrogen (secondary N) is 3. The molecule has 6 nitrogen and oxygen atoms in total. The molecule has 0 aliphatic rings. The Bertz CT molecular complexity index is 1000. The van der Waals surface area contributed by atoms with Gasteiger partial charge in [0.1, 0.15) is 5.75 Å². The molecule has 0 aliphatic heterocycles. The normalized spacial score (nSPS) is 11.3. The van der Waals surface area contributed by atoms with E-state index < -0.39 is 0 Å². The van der Waals surface area contributed by atoms with E-state index >= 15 is 0 Å². The Balaban J connectivity index is 1.53. The first-order valence-corrected chi connectivity index (χ1v) is 10.3. The van der Waals surface area contributed by atoms with Gasteiger partial charge in [0, 0.05) is 16.9 Å². The maximum absolute atomic E-state index is 12.6. The smallest absolute Gasteiger partial charge is 0.251 e.